The zero-order valence-electron chi connectivity index (χ0n) is 14.5. The van der Waals surface area contributed by atoms with Crippen molar-refractivity contribution >= 4 is 22.5 Å². The van der Waals surface area contributed by atoms with Gasteiger partial charge in [-0.15, -0.1) is 0 Å². The Balaban J connectivity index is 1.70. The topological polar surface area (TPSA) is 63.3 Å². The molecule has 3 aromatic rings. The van der Waals surface area contributed by atoms with Crippen LogP contribution in [0.3, 0.4) is 0 Å². The van der Waals surface area contributed by atoms with E-state index in [0.29, 0.717) is 36.8 Å². The number of carbonyl (C=O) groups excluding carboxylic acids is 1. The molecule has 0 saturated heterocycles. The third-order valence-electron chi connectivity index (χ3n) is 3.81. The van der Waals surface area contributed by atoms with Crippen molar-refractivity contribution in [1.29, 1.82) is 0 Å². The first-order valence-electron chi connectivity index (χ1n) is 8.45. The second kappa shape index (κ2) is 7.75. The van der Waals surface area contributed by atoms with Gasteiger partial charge in [-0.2, -0.15) is 0 Å². The number of fused-ring (bicyclic) bond motifs is 1. The van der Waals surface area contributed by atoms with Crippen molar-refractivity contribution in [2.75, 3.05) is 18.5 Å². The van der Waals surface area contributed by atoms with Gasteiger partial charge in [-0.05, 0) is 49.1 Å². The molecule has 0 saturated carbocycles. The molecule has 5 nitrogen and oxygen atoms in total. The number of hydrogen-bond acceptors (Lipinski definition) is 3. The first kappa shape index (κ1) is 16.9. The highest BCUT2D eigenvalue weighted by Gasteiger charge is 2.09. The quantitative estimate of drug-likeness (QED) is 0.680. The Morgan fingerprint density at radius 2 is 1.80 bits per heavy atom. The van der Waals surface area contributed by atoms with E-state index in [1.165, 1.54) is 0 Å². The Bertz CT molecular complexity index is 870. The number of rotatable bonds is 7. The molecule has 0 aliphatic rings. The fourth-order valence-electron chi connectivity index (χ4n) is 2.72. The van der Waals surface area contributed by atoms with Crippen molar-refractivity contribution in [1.82, 2.24) is 4.98 Å². The van der Waals surface area contributed by atoms with Crippen molar-refractivity contribution < 1.29 is 14.3 Å². The van der Waals surface area contributed by atoms with E-state index in [-0.39, 0.29) is 5.91 Å². The maximum absolute atomic E-state index is 12.3. The lowest BCUT2D eigenvalue weighted by Gasteiger charge is -2.13. The summed E-state index contributed by atoms with van der Waals surface area (Å²) >= 11 is 0. The van der Waals surface area contributed by atoms with Crippen LogP contribution in [-0.2, 0) is 11.2 Å². The SMILES string of the molecule is CCOc1ccc(NC(=O)Cc2ccc3cc[nH]c3c2)cc1OCC. The van der Waals surface area contributed by atoms with Gasteiger partial charge in [0, 0.05) is 23.5 Å². The van der Waals surface area contributed by atoms with Gasteiger partial charge in [0.05, 0.1) is 19.6 Å². The lowest BCUT2D eigenvalue weighted by Crippen LogP contribution is -2.14. The zero-order chi connectivity index (χ0) is 17.6. The van der Waals surface area contributed by atoms with Crippen molar-refractivity contribution in [3.05, 3.63) is 54.2 Å². The number of aromatic amines is 1. The van der Waals surface area contributed by atoms with E-state index in [4.69, 9.17) is 9.47 Å². The molecule has 0 fully saturated rings. The number of hydrogen-bond donors (Lipinski definition) is 2. The van der Waals surface area contributed by atoms with Crippen LogP contribution in [0.1, 0.15) is 19.4 Å². The van der Waals surface area contributed by atoms with E-state index in [0.717, 1.165) is 16.5 Å². The monoisotopic (exact) mass is 338 g/mol. The van der Waals surface area contributed by atoms with E-state index in [1.54, 1.807) is 6.07 Å². The Morgan fingerprint density at radius 1 is 1.00 bits per heavy atom. The third kappa shape index (κ3) is 4.12. The Morgan fingerprint density at radius 3 is 2.60 bits per heavy atom. The highest BCUT2D eigenvalue weighted by atomic mass is 16.5. The van der Waals surface area contributed by atoms with Crippen LogP contribution in [0.15, 0.2) is 48.7 Å². The summed E-state index contributed by atoms with van der Waals surface area (Å²) in [4.78, 5) is 15.5. The molecule has 1 aromatic heterocycles. The lowest BCUT2D eigenvalue weighted by atomic mass is 10.1. The predicted molar refractivity (Wildman–Crippen MR) is 99.4 cm³/mol. The summed E-state index contributed by atoms with van der Waals surface area (Å²) in [6.45, 7) is 4.94. The summed E-state index contributed by atoms with van der Waals surface area (Å²) in [5, 5.41) is 4.05. The number of nitrogens with one attached hydrogen (secondary N) is 2. The van der Waals surface area contributed by atoms with Gasteiger partial charge in [-0.3, -0.25) is 4.79 Å². The summed E-state index contributed by atoms with van der Waals surface area (Å²) in [5.41, 5.74) is 2.69. The molecule has 5 heteroatoms. The first-order chi connectivity index (χ1) is 12.2. The van der Waals surface area contributed by atoms with Gasteiger partial charge in [-0.1, -0.05) is 12.1 Å². The number of benzene rings is 2. The van der Waals surface area contributed by atoms with Crippen LogP contribution in [0.4, 0.5) is 5.69 Å². The number of H-pyrrole nitrogens is 1. The predicted octanol–water partition coefficient (Wildman–Crippen LogP) is 4.15. The molecule has 0 atom stereocenters. The molecule has 0 spiro atoms. The van der Waals surface area contributed by atoms with Crippen LogP contribution in [0, 0.1) is 0 Å². The summed E-state index contributed by atoms with van der Waals surface area (Å²) in [5.74, 6) is 1.24. The minimum absolute atomic E-state index is 0.0717. The zero-order valence-corrected chi connectivity index (χ0v) is 14.5. The highest BCUT2D eigenvalue weighted by molar-refractivity contribution is 5.93. The average Bonchev–Trinajstić information content (AvgIpc) is 3.05. The molecule has 0 radical (unpaired) electrons. The van der Waals surface area contributed by atoms with E-state index in [2.05, 4.69) is 10.3 Å². The maximum atomic E-state index is 12.3. The van der Waals surface area contributed by atoms with Crippen LogP contribution in [0.25, 0.3) is 10.9 Å². The van der Waals surface area contributed by atoms with Crippen LogP contribution in [0.5, 0.6) is 11.5 Å². The fourth-order valence-corrected chi connectivity index (χ4v) is 2.72. The minimum Gasteiger partial charge on any atom is -0.490 e. The number of anilines is 1. The smallest absolute Gasteiger partial charge is 0.228 e. The van der Waals surface area contributed by atoms with Gasteiger partial charge >= 0.3 is 0 Å². The molecule has 25 heavy (non-hydrogen) atoms. The standard InChI is InChI=1S/C20H22N2O3/c1-3-24-18-8-7-16(13-19(18)25-4-2)22-20(23)12-14-5-6-15-9-10-21-17(15)11-14/h5-11,13,21H,3-4,12H2,1-2H3,(H,22,23). The average molecular weight is 338 g/mol. The van der Waals surface area contributed by atoms with Gasteiger partial charge in [0.2, 0.25) is 5.91 Å². The molecule has 0 aliphatic carbocycles. The second-order valence-corrected chi connectivity index (χ2v) is 5.65. The summed E-state index contributed by atoms with van der Waals surface area (Å²) < 4.78 is 11.1. The van der Waals surface area contributed by atoms with Gasteiger partial charge in [0.15, 0.2) is 11.5 Å². The van der Waals surface area contributed by atoms with Crippen LogP contribution < -0.4 is 14.8 Å². The molecule has 1 amide bonds. The summed E-state index contributed by atoms with van der Waals surface area (Å²) in [7, 11) is 0. The number of ether oxygens (including phenoxy) is 2. The van der Waals surface area contributed by atoms with Crippen LogP contribution in [0.2, 0.25) is 0 Å². The second-order valence-electron chi connectivity index (χ2n) is 5.65. The van der Waals surface area contributed by atoms with E-state index >= 15 is 0 Å². The minimum atomic E-state index is -0.0717. The molecule has 3 rings (SSSR count). The molecule has 130 valence electrons. The highest BCUT2D eigenvalue weighted by Crippen LogP contribution is 2.30. The van der Waals surface area contributed by atoms with Gasteiger partial charge < -0.3 is 19.8 Å². The molecular weight excluding hydrogens is 316 g/mol. The van der Waals surface area contributed by atoms with Crippen LogP contribution >= 0.6 is 0 Å². The summed E-state index contributed by atoms with van der Waals surface area (Å²) in [6.07, 6.45) is 2.20. The molecule has 2 aromatic carbocycles. The van der Waals surface area contributed by atoms with Crippen molar-refractivity contribution in [2.45, 2.75) is 20.3 Å². The summed E-state index contributed by atoms with van der Waals surface area (Å²) in [6, 6.07) is 13.4. The normalized spacial score (nSPS) is 10.6. The molecule has 0 aliphatic heterocycles. The molecule has 2 N–H and O–H groups in total. The maximum Gasteiger partial charge on any atom is 0.228 e. The van der Waals surface area contributed by atoms with Gasteiger partial charge in [0.1, 0.15) is 0 Å². The van der Waals surface area contributed by atoms with Crippen molar-refractivity contribution in [3.63, 3.8) is 0 Å². The Kier molecular flexibility index (Phi) is 5.23. The molecule has 0 bridgehead atoms. The number of amides is 1. The largest absolute Gasteiger partial charge is 0.490 e. The number of aromatic nitrogens is 1. The van der Waals surface area contributed by atoms with E-state index < -0.39 is 0 Å². The van der Waals surface area contributed by atoms with Crippen molar-refractivity contribution in [3.8, 4) is 11.5 Å². The third-order valence-corrected chi connectivity index (χ3v) is 3.81. The molecule has 0 unspecified atom stereocenters. The van der Waals surface area contributed by atoms with E-state index in [1.807, 2.05) is 56.4 Å². The number of carbonyl (C=O) groups is 1. The Labute approximate surface area is 147 Å². The molecule has 1 heterocycles. The van der Waals surface area contributed by atoms with E-state index in [9.17, 15) is 4.79 Å². The van der Waals surface area contributed by atoms with Crippen LogP contribution in [-0.4, -0.2) is 24.1 Å². The first-order valence-corrected chi connectivity index (χ1v) is 8.45. The van der Waals surface area contributed by atoms with Crippen molar-refractivity contribution in [2.24, 2.45) is 0 Å². The van der Waals surface area contributed by atoms with Gasteiger partial charge in [-0.25, -0.2) is 0 Å². The fraction of sp³-hybridized carbons (Fsp3) is 0.250. The lowest BCUT2D eigenvalue weighted by molar-refractivity contribution is -0.115. The molecular formula is C20H22N2O3. The van der Waals surface area contributed by atoms with Gasteiger partial charge in [0.25, 0.3) is 0 Å². The Hall–Kier alpha value is -2.95.